The Hall–Kier alpha value is -2.90. The first-order valence-corrected chi connectivity index (χ1v) is 15.2. The van der Waals surface area contributed by atoms with Gasteiger partial charge in [-0.05, 0) is 58.3 Å². The summed E-state index contributed by atoms with van der Waals surface area (Å²) in [5.41, 5.74) is 4.73. The van der Waals surface area contributed by atoms with Crippen LogP contribution in [0, 0.1) is 0 Å². The average molecular weight is 541 g/mol. The molecule has 0 amide bonds. The SMILES string of the molecule is C(=N/c1ccccc1SCc1ccccc1CSc1ccccc1/N=C\c1cccs1)/c1cccs1. The summed E-state index contributed by atoms with van der Waals surface area (Å²) < 4.78 is 0. The second kappa shape index (κ2) is 12.9. The maximum atomic E-state index is 4.75. The Bertz CT molecular complexity index is 1330. The minimum Gasteiger partial charge on any atom is -0.254 e. The third-order valence-electron chi connectivity index (χ3n) is 5.36. The van der Waals surface area contributed by atoms with Crippen LogP contribution in [0.1, 0.15) is 20.9 Å². The highest BCUT2D eigenvalue weighted by Gasteiger charge is 2.08. The summed E-state index contributed by atoms with van der Waals surface area (Å²) in [5.74, 6) is 1.81. The number of thioether (sulfide) groups is 2. The lowest BCUT2D eigenvalue weighted by molar-refractivity contribution is 1.26. The van der Waals surface area contributed by atoms with Crippen LogP contribution in [0.25, 0.3) is 0 Å². The first-order valence-electron chi connectivity index (χ1n) is 11.5. The van der Waals surface area contributed by atoms with Gasteiger partial charge in [-0.2, -0.15) is 0 Å². The van der Waals surface area contributed by atoms with E-state index in [0.717, 1.165) is 32.6 Å². The summed E-state index contributed by atoms with van der Waals surface area (Å²) in [6.07, 6.45) is 3.90. The molecule has 36 heavy (non-hydrogen) atoms. The van der Waals surface area contributed by atoms with Crippen LogP contribution in [0.2, 0.25) is 0 Å². The number of aliphatic imine (C=N–C) groups is 2. The molecule has 0 radical (unpaired) electrons. The molecule has 0 bridgehead atoms. The fourth-order valence-electron chi connectivity index (χ4n) is 3.52. The predicted octanol–water partition coefficient (Wildman–Crippen LogP) is 9.90. The van der Waals surface area contributed by atoms with Gasteiger partial charge in [0.15, 0.2) is 0 Å². The molecule has 178 valence electrons. The second-order valence-electron chi connectivity index (χ2n) is 7.83. The summed E-state index contributed by atoms with van der Waals surface area (Å²) in [6, 6.07) is 33.8. The fraction of sp³-hybridized carbons (Fsp3) is 0.0667. The van der Waals surface area contributed by atoms with Crippen molar-refractivity contribution in [2.24, 2.45) is 9.98 Å². The quantitative estimate of drug-likeness (QED) is 0.130. The minimum absolute atomic E-state index is 0.903. The third kappa shape index (κ3) is 6.86. The number of thiophene rings is 2. The van der Waals surface area contributed by atoms with Crippen LogP contribution in [-0.2, 0) is 11.5 Å². The van der Waals surface area contributed by atoms with E-state index in [2.05, 4.69) is 95.7 Å². The molecular formula is C30H24N2S4. The first kappa shape index (κ1) is 24.8. The highest BCUT2D eigenvalue weighted by molar-refractivity contribution is 7.99. The minimum atomic E-state index is 0.903. The van der Waals surface area contributed by atoms with Gasteiger partial charge >= 0.3 is 0 Å². The maximum Gasteiger partial charge on any atom is 0.0766 e. The number of rotatable bonds is 10. The van der Waals surface area contributed by atoms with Gasteiger partial charge in [0.2, 0.25) is 0 Å². The van der Waals surface area contributed by atoms with Crippen LogP contribution in [0.3, 0.4) is 0 Å². The van der Waals surface area contributed by atoms with Crippen molar-refractivity contribution in [2.45, 2.75) is 21.3 Å². The largest absolute Gasteiger partial charge is 0.254 e. The summed E-state index contributed by atoms with van der Waals surface area (Å²) >= 11 is 7.08. The molecule has 0 atom stereocenters. The second-order valence-corrected chi connectivity index (χ2v) is 11.8. The van der Waals surface area contributed by atoms with E-state index in [4.69, 9.17) is 9.98 Å². The Balaban J connectivity index is 1.27. The number of hydrogen-bond acceptors (Lipinski definition) is 6. The van der Waals surface area contributed by atoms with Gasteiger partial charge in [-0.3, -0.25) is 9.98 Å². The Morgan fingerprint density at radius 2 is 0.972 bits per heavy atom. The molecule has 3 aromatic carbocycles. The average Bonchev–Trinajstić information content (AvgIpc) is 3.64. The highest BCUT2D eigenvalue weighted by Crippen LogP contribution is 2.35. The molecule has 5 rings (SSSR count). The lowest BCUT2D eigenvalue weighted by atomic mass is 10.1. The first-order chi connectivity index (χ1) is 17.8. The standard InChI is InChI=1S/C30H24N2S4/c1-2-10-24(22-36-30-16-6-4-14-28(30)32-20-26-12-8-18-34-26)23(9-1)21-35-29-15-5-3-13-27(29)31-19-25-11-7-17-33-25/h1-20H,21-22H2/b31-19-,32-20-. The van der Waals surface area contributed by atoms with Crippen molar-refractivity contribution >= 4 is 70.0 Å². The molecule has 2 nitrogen and oxygen atoms in total. The normalized spacial score (nSPS) is 11.6. The summed E-state index contributed by atoms with van der Waals surface area (Å²) in [6.45, 7) is 0. The van der Waals surface area contributed by atoms with E-state index in [9.17, 15) is 0 Å². The molecule has 5 aromatic rings. The van der Waals surface area contributed by atoms with E-state index < -0.39 is 0 Å². The van der Waals surface area contributed by atoms with Crippen molar-refractivity contribution in [1.29, 1.82) is 0 Å². The van der Waals surface area contributed by atoms with E-state index in [-0.39, 0.29) is 0 Å². The predicted molar refractivity (Wildman–Crippen MR) is 162 cm³/mol. The molecule has 6 heteroatoms. The van der Waals surface area contributed by atoms with Crippen LogP contribution in [-0.4, -0.2) is 12.4 Å². The van der Waals surface area contributed by atoms with E-state index >= 15 is 0 Å². The van der Waals surface area contributed by atoms with Crippen molar-refractivity contribution in [3.8, 4) is 0 Å². The molecule has 0 saturated heterocycles. The van der Waals surface area contributed by atoms with E-state index in [1.54, 1.807) is 22.7 Å². The van der Waals surface area contributed by atoms with Gasteiger partial charge in [0, 0.05) is 43.5 Å². The number of benzene rings is 3. The molecule has 0 aliphatic carbocycles. The monoisotopic (exact) mass is 540 g/mol. The molecule has 0 saturated carbocycles. The molecular weight excluding hydrogens is 517 g/mol. The highest BCUT2D eigenvalue weighted by atomic mass is 32.2. The third-order valence-corrected chi connectivity index (χ3v) is 9.20. The van der Waals surface area contributed by atoms with Crippen LogP contribution in [0.15, 0.2) is 128 Å². The van der Waals surface area contributed by atoms with E-state index in [0.29, 0.717) is 0 Å². The molecule has 2 heterocycles. The summed E-state index contributed by atoms with van der Waals surface area (Å²) in [7, 11) is 0. The molecule has 0 spiro atoms. The van der Waals surface area contributed by atoms with Gasteiger partial charge in [-0.15, -0.1) is 46.2 Å². The fourth-order valence-corrected chi connectivity index (χ4v) is 6.76. The van der Waals surface area contributed by atoms with Crippen molar-refractivity contribution in [3.05, 3.63) is 129 Å². The van der Waals surface area contributed by atoms with Crippen LogP contribution >= 0.6 is 46.2 Å². The van der Waals surface area contributed by atoms with Crippen LogP contribution in [0.5, 0.6) is 0 Å². The number of nitrogens with zero attached hydrogens (tertiary/aromatic N) is 2. The molecule has 2 aromatic heterocycles. The zero-order valence-corrected chi connectivity index (χ0v) is 22.8. The Morgan fingerprint density at radius 1 is 0.528 bits per heavy atom. The van der Waals surface area contributed by atoms with Gasteiger partial charge < -0.3 is 0 Å². The van der Waals surface area contributed by atoms with Gasteiger partial charge in [0.05, 0.1) is 11.4 Å². The zero-order valence-electron chi connectivity index (χ0n) is 19.5. The van der Waals surface area contributed by atoms with Crippen molar-refractivity contribution in [2.75, 3.05) is 0 Å². The van der Waals surface area contributed by atoms with Crippen molar-refractivity contribution < 1.29 is 0 Å². The van der Waals surface area contributed by atoms with Crippen molar-refractivity contribution in [3.63, 3.8) is 0 Å². The lowest BCUT2D eigenvalue weighted by Gasteiger charge is -2.11. The smallest absolute Gasteiger partial charge is 0.0766 e. The topological polar surface area (TPSA) is 24.7 Å². The number of para-hydroxylation sites is 2. The zero-order chi connectivity index (χ0) is 24.4. The number of hydrogen-bond donors (Lipinski definition) is 0. The lowest BCUT2D eigenvalue weighted by Crippen LogP contribution is -1.91. The van der Waals surface area contributed by atoms with Crippen LogP contribution < -0.4 is 0 Å². The van der Waals surface area contributed by atoms with Gasteiger partial charge in [-0.25, -0.2) is 0 Å². The van der Waals surface area contributed by atoms with E-state index in [1.807, 2.05) is 48.1 Å². The summed E-state index contributed by atoms with van der Waals surface area (Å²) in [5, 5.41) is 4.15. The maximum absolute atomic E-state index is 4.75. The van der Waals surface area contributed by atoms with Crippen LogP contribution in [0.4, 0.5) is 11.4 Å². The molecule has 0 unspecified atom stereocenters. The van der Waals surface area contributed by atoms with Gasteiger partial charge in [-0.1, -0.05) is 60.7 Å². The Kier molecular flexibility index (Phi) is 8.86. The molecule has 0 aliphatic rings. The summed E-state index contributed by atoms with van der Waals surface area (Å²) in [4.78, 5) is 14.2. The Labute approximate surface area is 228 Å². The Morgan fingerprint density at radius 3 is 1.42 bits per heavy atom. The van der Waals surface area contributed by atoms with Crippen molar-refractivity contribution in [1.82, 2.24) is 0 Å². The molecule has 0 fully saturated rings. The van der Waals surface area contributed by atoms with Gasteiger partial charge in [0.1, 0.15) is 0 Å². The molecule has 0 N–H and O–H groups in total. The molecule has 0 aliphatic heterocycles. The van der Waals surface area contributed by atoms with E-state index in [1.165, 1.54) is 20.9 Å². The van der Waals surface area contributed by atoms with Gasteiger partial charge in [0.25, 0.3) is 0 Å².